The molecule has 3 nitrogen and oxygen atoms in total. The molecule has 1 fully saturated rings. The summed E-state index contributed by atoms with van der Waals surface area (Å²) in [5.74, 6) is 1.92. The molecule has 1 aromatic heterocycles. The van der Waals surface area contributed by atoms with Crippen LogP contribution in [-0.2, 0) is 0 Å². The summed E-state index contributed by atoms with van der Waals surface area (Å²) >= 11 is 1.73. The minimum absolute atomic E-state index is 0.611. The number of benzene rings is 1. The Hall–Kier alpha value is -1.00. The second-order valence-corrected chi connectivity index (χ2v) is 6.13. The van der Waals surface area contributed by atoms with Crippen LogP contribution in [-0.4, -0.2) is 23.3 Å². The highest BCUT2D eigenvalue weighted by atomic mass is 32.2. The number of hydrogen-bond acceptors (Lipinski definition) is 4. The number of fused-ring (bicyclic) bond motifs is 1. The van der Waals surface area contributed by atoms with Crippen molar-refractivity contribution < 1.29 is 4.42 Å². The van der Waals surface area contributed by atoms with Crippen molar-refractivity contribution in [2.24, 2.45) is 5.92 Å². The van der Waals surface area contributed by atoms with E-state index >= 15 is 0 Å². The van der Waals surface area contributed by atoms with Crippen molar-refractivity contribution in [3.8, 4) is 0 Å². The van der Waals surface area contributed by atoms with Gasteiger partial charge >= 0.3 is 0 Å². The van der Waals surface area contributed by atoms with E-state index in [4.69, 9.17) is 4.42 Å². The number of rotatable bonds is 7. The van der Waals surface area contributed by atoms with Gasteiger partial charge in [-0.25, -0.2) is 4.98 Å². The van der Waals surface area contributed by atoms with Gasteiger partial charge in [0.2, 0.25) is 0 Å². The van der Waals surface area contributed by atoms with Crippen molar-refractivity contribution in [2.45, 2.75) is 37.5 Å². The maximum absolute atomic E-state index is 5.75. The summed E-state index contributed by atoms with van der Waals surface area (Å²) in [5.41, 5.74) is 1.84. The van der Waals surface area contributed by atoms with Crippen LogP contribution >= 0.6 is 11.8 Å². The summed E-state index contributed by atoms with van der Waals surface area (Å²) in [5, 5.41) is 4.44. The summed E-state index contributed by atoms with van der Waals surface area (Å²) < 4.78 is 5.75. The fourth-order valence-corrected chi connectivity index (χ4v) is 3.29. The molecule has 0 aliphatic heterocycles. The van der Waals surface area contributed by atoms with Crippen molar-refractivity contribution in [3.05, 3.63) is 24.3 Å². The molecule has 1 aliphatic carbocycles. The average molecular weight is 276 g/mol. The molecular weight excluding hydrogens is 256 g/mol. The van der Waals surface area contributed by atoms with Gasteiger partial charge in [0.05, 0.1) is 0 Å². The van der Waals surface area contributed by atoms with E-state index < -0.39 is 0 Å². The fourth-order valence-electron chi connectivity index (χ4n) is 2.26. The van der Waals surface area contributed by atoms with Crippen LogP contribution in [0.15, 0.2) is 33.9 Å². The highest BCUT2D eigenvalue weighted by Crippen LogP contribution is 2.35. The molecular formula is C15H20N2OS. The standard InChI is InChI=1S/C15H20N2OS/c1-2-9-16-13(11-7-8-11)10-19-15-17-12-5-3-4-6-14(12)18-15/h3-6,11,13,16H,2,7-10H2,1H3. The SMILES string of the molecule is CCCNC(CSc1nc2ccccc2o1)C1CC1. The highest BCUT2D eigenvalue weighted by molar-refractivity contribution is 7.99. The molecule has 0 saturated heterocycles. The molecule has 1 saturated carbocycles. The lowest BCUT2D eigenvalue weighted by Crippen LogP contribution is -2.33. The third-order valence-electron chi connectivity index (χ3n) is 3.51. The van der Waals surface area contributed by atoms with E-state index in [0.29, 0.717) is 6.04 Å². The van der Waals surface area contributed by atoms with E-state index in [1.807, 2.05) is 24.3 Å². The molecule has 0 amide bonds. The molecule has 4 heteroatoms. The van der Waals surface area contributed by atoms with E-state index in [0.717, 1.165) is 34.5 Å². The van der Waals surface area contributed by atoms with E-state index in [2.05, 4.69) is 17.2 Å². The lowest BCUT2D eigenvalue weighted by molar-refractivity contribution is 0.480. The lowest BCUT2D eigenvalue weighted by Gasteiger charge is -2.16. The predicted octanol–water partition coefficient (Wildman–Crippen LogP) is 3.70. The topological polar surface area (TPSA) is 38.1 Å². The zero-order chi connectivity index (χ0) is 13.1. The molecule has 0 spiro atoms. The van der Waals surface area contributed by atoms with Crippen LogP contribution in [0.25, 0.3) is 11.1 Å². The maximum Gasteiger partial charge on any atom is 0.256 e. The minimum atomic E-state index is 0.611. The van der Waals surface area contributed by atoms with Crippen molar-refractivity contribution in [1.82, 2.24) is 10.3 Å². The van der Waals surface area contributed by atoms with Gasteiger partial charge in [0, 0.05) is 11.8 Å². The van der Waals surface area contributed by atoms with Crippen LogP contribution in [0.1, 0.15) is 26.2 Å². The van der Waals surface area contributed by atoms with E-state index in [-0.39, 0.29) is 0 Å². The van der Waals surface area contributed by atoms with Crippen molar-refractivity contribution in [1.29, 1.82) is 0 Å². The van der Waals surface area contributed by atoms with Gasteiger partial charge in [-0.2, -0.15) is 0 Å². The first-order valence-corrected chi connectivity index (χ1v) is 8.07. The van der Waals surface area contributed by atoms with Crippen LogP contribution in [0.4, 0.5) is 0 Å². The fraction of sp³-hybridized carbons (Fsp3) is 0.533. The van der Waals surface area contributed by atoms with Gasteiger partial charge in [-0.1, -0.05) is 30.8 Å². The van der Waals surface area contributed by atoms with Crippen LogP contribution in [0, 0.1) is 5.92 Å². The van der Waals surface area contributed by atoms with Gasteiger partial charge in [0.25, 0.3) is 5.22 Å². The third-order valence-corrected chi connectivity index (χ3v) is 4.46. The number of para-hydroxylation sites is 2. The molecule has 1 heterocycles. The largest absolute Gasteiger partial charge is 0.431 e. The zero-order valence-corrected chi connectivity index (χ0v) is 12.1. The molecule has 1 aliphatic rings. The van der Waals surface area contributed by atoms with Crippen molar-refractivity contribution >= 4 is 22.9 Å². The predicted molar refractivity (Wildman–Crippen MR) is 79.5 cm³/mol. The normalized spacial score (nSPS) is 16.9. The summed E-state index contributed by atoms with van der Waals surface area (Å²) in [4.78, 5) is 4.51. The maximum atomic E-state index is 5.75. The Balaban J connectivity index is 1.60. The Morgan fingerprint density at radius 1 is 1.42 bits per heavy atom. The number of hydrogen-bond donors (Lipinski definition) is 1. The minimum Gasteiger partial charge on any atom is -0.431 e. The Bertz CT molecular complexity index is 503. The monoisotopic (exact) mass is 276 g/mol. The number of oxazole rings is 1. The van der Waals surface area contributed by atoms with E-state index in [9.17, 15) is 0 Å². The summed E-state index contributed by atoms with van der Waals surface area (Å²) in [7, 11) is 0. The number of nitrogens with zero attached hydrogens (tertiary/aromatic N) is 1. The van der Waals surface area contributed by atoms with Gasteiger partial charge in [-0.15, -0.1) is 0 Å². The molecule has 3 rings (SSSR count). The third kappa shape index (κ3) is 3.31. The molecule has 1 N–H and O–H groups in total. The van der Waals surface area contributed by atoms with Crippen LogP contribution in [0.3, 0.4) is 0 Å². The van der Waals surface area contributed by atoms with Crippen LogP contribution < -0.4 is 5.32 Å². The molecule has 1 aromatic carbocycles. The second kappa shape index (κ2) is 5.97. The van der Waals surface area contributed by atoms with Crippen LogP contribution in [0.2, 0.25) is 0 Å². The smallest absolute Gasteiger partial charge is 0.256 e. The lowest BCUT2D eigenvalue weighted by atomic mass is 10.2. The molecule has 19 heavy (non-hydrogen) atoms. The van der Waals surface area contributed by atoms with Gasteiger partial charge < -0.3 is 9.73 Å². The molecule has 0 radical (unpaired) electrons. The van der Waals surface area contributed by atoms with E-state index in [1.54, 1.807) is 11.8 Å². The molecule has 1 unspecified atom stereocenters. The Morgan fingerprint density at radius 2 is 2.26 bits per heavy atom. The molecule has 0 bridgehead atoms. The number of nitrogens with one attached hydrogen (secondary N) is 1. The first kappa shape index (κ1) is 13.0. The Kier molecular flexibility index (Phi) is 4.09. The Morgan fingerprint density at radius 3 is 3.00 bits per heavy atom. The van der Waals surface area contributed by atoms with Gasteiger partial charge in [-0.05, 0) is 43.9 Å². The molecule has 2 aromatic rings. The van der Waals surface area contributed by atoms with Crippen molar-refractivity contribution in [3.63, 3.8) is 0 Å². The Labute approximate surface area is 118 Å². The molecule has 102 valence electrons. The summed E-state index contributed by atoms with van der Waals surface area (Å²) in [6.45, 7) is 3.32. The summed E-state index contributed by atoms with van der Waals surface area (Å²) in [6.07, 6.45) is 3.93. The van der Waals surface area contributed by atoms with Crippen LogP contribution in [0.5, 0.6) is 0 Å². The average Bonchev–Trinajstić information content (AvgIpc) is 3.18. The van der Waals surface area contributed by atoms with Gasteiger partial charge in [-0.3, -0.25) is 0 Å². The van der Waals surface area contributed by atoms with Crippen molar-refractivity contribution in [2.75, 3.05) is 12.3 Å². The number of thioether (sulfide) groups is 1. The zero-order valence-electron chi connectivity index (χ0n) is 11.3. The first-order valence-electron chi connectivity index (χ1n) is 7.08. The number of aromatic nitrogens is 1. The van der Waals surface area contributed by atoms with Gasteiger partial charge in [0.1, 0.15) is 5.52 Å². The van der Waals surface area contributed by atoms with Gasteiger partial charge in [0.15, 0.2) is 5.58 Å². The first-order chi connectivity index (χ1) is 9.36. The second-order valence-electron chi connectivity index (χ2n) is 5.16. The van der Waals surface area contributed by atoms with E-state index in [1.165, 1.54) is 19.3 Å². The molecule has 1 atom stereocenters. The quantitative estimate of drug-likeness (QED) is 0.783. The summed E-state index contributed by atoms with van der Waals surface area (Å²) in [6, 6.07) is 8.56. The highest BCUT2D eigenvalue weighted by Gasteiger charge is 2.30.